The van der Waals surface area contributed by atoms with Gasteiger partial charge in [0, 0.05) is 12.5 Å². The van der Waals surface area contributed by atoms with Crippen LogP contribution in [0.25, 0.3) is 0 Å². The van der Waals surface area contributed by atoms with Crippen molar-refractivity contribution in [2.24, 2.45) is 5.92 Å². The minimum atomic E-state index is -0.190. The van der Waals surface area contributed by atoms with Crippen LogP contribution in [0.15, 0.2) is 24.3 Å². The van der Waals surface area contributed by atoms with Gasteiger partial charge in [-0.05, 0) is 24.1 Å². The predicted octanol–water partition coefficient (Wildman–Crippen LogP) is 2.93. The monoisotopic (exact) mass is 357 g/mol. The number of fused-ring (bicyclic) bond motifs is 1. The smallest absolute Gasteiger partial charge is 0.229 e. The van der Waals surface area contributed by atoms with E-state index in [2.05, 4.69) is 31.0 Å². The second kappa shape index (κ2) is 7.02. The van der Waals surface area contributed by atoms with E-state index in [4.69, 9.17) is 9.47 Å². The van der Waals surface area contributed by atoms with Crippen LogP contribution in [0.5, 0.6) is 11.5 Å². The van der Waals surface area contributed by atoms with Crippen molar-refractivity contribution in [1.82, 2.24) is 15.1 Å². The Morgan fingerprint density at radius 2 is 2.19 bits per heavy atom. The van der Waals surface area contributed by atoms with Gasteiger partial charge in [-0.2, -0.15) is 5.10 Å². The first-order valence-corrected chi connectivity index (χ1v) is 8.88. The molecule has 0 bridgehead atoms. The molecule has 3 rings (SSSR count). The van der Waals surface area contributed by atoms with Gasteiger partial charge >= 0.3 is 0 Å². The first-order valence-electron chi connectivity index (χ1n) is 8.88. The summed E-state index contributed by atoms with van der Waals surface area (Å²) in [5, 5.41) is 7.40. The number of hydrogen-bond donors (Lipinski definition) is 1. The molecule has 0 radical (unpaired) electrons. The van der Waals surface area contributed by atoms with E-state index in [0.29, 0.717) is 25.3 Å². The quantitative estimate of drug-likeness (QED) is 0.914. The van der Waals surface area contributed by atoms with E-state index < -0.39 is 0 Å². The van der Waals surface area contributed by atoms with Gasteiger partial charge < -0.3 is 14.4 Å². The summed E-state index contributed by atoms with van der Waals surface area (Å²) in [6.07, 6.45) is 0.659. The zero-order valence-corrected chi connectivity index (χ0v) is 16.1. The molecule has 26 heavy (non-hydrogen) atoms. The van der Waals surface area contributed by atoms with Crippen LogP contribution in [-0.4, -0.2) is 41.8 Å². The van der Waals surface area contributed by atoms with Crippen molar-refractivity contribution in [2.45, 2.75) is 39.2 Å². The van der Waals surface area contributed by atoms with Gasteiger partial charge in [-0.1, -0.05) is 32.9 Å². The number of benzene rings is 1. The molecule has 0 saturated carbocycles. The summed E-state index contributed by atoms with van der Waals surface area (Å²) in [4.78, 5) is 14.6. The SMILES string of the molecule is COc1cccc2c1OCC(C(=O)N(C)Cc1cc(C(C)(C)C)n[nH]1)C2. The number of rotatable bonds is 4. The molecule has 1 unspecified atom stereocenters. The molecule has 2 aromatic rings. The van der Waals surface area contributed by atoms with Crippen LogP contribution in [0.1, 0.15) is 37.7 Å². The van der Waals surface area contributed by atoms with Crippen LogP contribution in [-0.2, 0) is 23.2 Å². The zero-order chi connectivity index (χ0) is 18.9. The van der Waals surface area contributed by atoms with Crippen LogP contribution in [0.2, 0.25) is 0 Å². The molecule has 1 amide bonds. The van der Waals surface area contributed by atoms with Crippen LogP contribution < -0.4 is 9.47 Å². The van der Waals surface area contributed by atoms with Crippen molar-refractivity contribution in [3.05, 3.63) is 41.2 Å². The maximum atomic E-state index is 12.9. The summed E-state index contributed by atoms with van der Waals surface area (Å²) >= 11 is 0. The second-order valence-corrected chi connectivity index (χ2v) is 7.88. The molecular weight excluding hydrogens is 330 g/mol. The average molecular weight is 357 g/mol. The van der Waals surface area contributed by atoms with E-state index in [9.17, 15) is 4.79 Å². The van der Waals surface area contributed by atoms with Crippen molar-refractivity contribution in [2.75, 3.05) is 20.8 Å². The molecule has 2 heterocycles. The fourth-order valence-electron chi connectivity index (χ4n) is 3.19. The Hall–Kier alpha value is -2.50. The number of H-pyrrole nitrogens is 1. The van der Waals surface area contributed by atoms with Crippen molar-refractivity contribution in [3.8, 4) is 11.5 Å². The summed E-state index contributed by atoms with van der Waals surface area (Å²) in [5.41, 5.74) is 2.93. The highest BCUT2D eigenvalue weighted by molar-refractivity contribution is 5.79. The Bertz CT molecular complexity index is 792. The van der Waals surface area contributed by atoms with Crippen LogP contribution in [0, 0.1) is 5.92 Å². The van der Waals surface area contributed by atoms with E-state index in [1.165, 1.54) is 0 Å². The number of nitrogens with zero attached hydrogens (tertiary/aromatic N) is 2. The largest absolute Gasteiger partial charge is 0.493 e. The van der Waals surface area contributed by atoms with Gasteiger partial charge in [-0.25, -0.2) is 0 Å². The predicted molar refractivity (Wildman–Crippen MR) is 99.4 cm³/mol. The Balaban J connectivity index is 1.67. The molecular formula is C20H27N3O3. The Morgan fingerprint density at radius 1 is 1.42 bits per heavy atom. The fourth-order valence-corrected chi connectivity index (χ4v) is 3.19. The summed E-state index contributed by atoms with van der Waals surface area (Å²) < 4.78 is 11.2. The molecule has 1 atom stereocenters. The number of hydrogen-bond acceptors (Lipinski definition) is 4. The number of aromatic amines is 1. The van der Waals surface area contributed by atoms with E-state index in [1.807, 2.05) is 31.3 Å². The normalized spacial score (nSPS) is 16.6. The first-order chi connectivity index (χ1) is 12.3. The molecule has 0 saturated heterocycles. The summed E-state index contributed by atoms with van der Waals surface area (Å²) in [5.74, 6) is 1.36. The molecule has 1 aliphatic heterocycles. The summed E-state index contributed by atoms with van der Waals surface area (Å²) in [7, 11) is 3.45. The van der Waals surface area contributed by atoms with Gasteiger partial charge in [0.25, 0.3) is 0 Å². The lowest BCUT2D eigenvalue weighted by Crippen LogP contribution is -2.38. The van der Waals surface area contributed by atoms with Gasteiger partial charge in [-0.3, -0.25) is 9.89 Å². The molecule has 1 aromatic heterocycles. The lowest BCUT2D eigenvalue weighted by molar-refractivity contribution is -0.136. The number of aromatic nitrogens is 2. The fraction of sp³-hybridized carbons (Fsp3) is 0.500. The lowest BCUT2D eigenvalue weighted by Gasteiger charge is -2.28. The molecule has 1 aromatic carbocycles. The van der Waals surface area contributed by atoms with Crippen molar-refractivity contribution < 1.29 is 14.3 Å². The standard InChI is InChI=1S/C20H27N3O3/c1-20(2,3)17-10-15(21-22-17)11-23(4)19(24)14-9-13-7-6-8-16(25-5)18(13)26-12-14/h6-8,10,14H,9,11-12H2,1-5H3,(H,21,22). The Kier molecular flexibility index (Phi) is 4.94. The molecule has 0 spiro atoms. The van der Waals surface area contributed by atoms with Gasteiger partial charge in [0.2, 0.25) is 5.91 Å². The maximum Gasteiger partial charge on any atom is 0.229 e. The number of ether oxygens (including phenoxy) is 2. The minimum Gasteiger partial charge on any atom is -0.493 e. The number of carbonyl (C=O) groups is 1. The van der Waals surface area contributed by atoms with Gasteiger partial charge in [-0.15, -0.1) is 0 Å². The second-order valence-electron chi connectivity index (χ2n) is 7.88. The molecule has 1 aliphatic rings. The number of carbonyl (C=O) groups excluding carboxylic acids is 1. The number of methoxy groups -OCH3 is 1. The minimum absolute atomic E-state index is 0.0166. The molecule has 0 fully saturated rings. The summed E-state index contributed by atoms with van der Waals surface area (Å²) in [6, 6.07) is 7.82. The Labute approximate surface area is 154 Å². The number of para-hydroxylation sites is 1. The van der Waals surface area contributed by atoms with Gasteiger partial charge in [0.15, 0.2) is 11.5 Å². The third kappa shape index (κ3) is 3.69. The molecule has 6 nitrogen and oxygen atoms in total. The molecule has 0 aliphatic carbocycles. The lowest BCUT2D eigenvalue weighted by atomic mass is 9.92. The van der Waals surface area contributed by atoms with Crippen molar-refractivity contribution in [1.29, 1.82) is 0 Å². The van der Waals surface area contributed by atoms with Gasteiger partial charge in [0.05, 0.1) is 31.0 Å². The van der Waals surface area contributed by atoms with Crippen LogP contribution in [0.3, 0.4) is 0 Å². The topological polar surface area (TPSA) is 67.5 Å². The van der Waals surface area contributed by atoms with E-state index in [1.54, 1.807) is 12.0 Å². The molecule has 140 valence electrons. The van der Waals surface area contributed by atoms with Crippen molar-refractivity contribution >= 4 is 5.91 Å². The summed E-state index contributed by atoms with van der Waals surface area (Å²) in [6.45, 7) is 7.23. The third-order valence-corrected chi connectivity index (χ3v) is 4.71. The number of nitrogens with one attached hydrogen (secondary N) is 1. The highest BCUT2D eigenvalue weighted by atomic mass is 16.5. The van der Waals surface area contributed by atoms with Gasteiger partial charge in [0.1, 0.15) is 6.61 Å². The first kappa shape index (κ1) is 18.3. The van der Waals surface area contributed by atoms with Crippen LogP contribution >= 0.6 is 0 Å². The zero-order valence-electron chi connectivity index (χ0n) is 16.1. The highest BCUT2D eigenvalue weighted by Crippen LogP contribution is 2.36. The van der Waals surface area contributed by atoms with E-state index >= 15 is 0 Å². The number of amides is 1. The third-order valence-electron chi connectivity index (χ3n) is 4.71. The molecule has 6 heteroatoms. The van der Waals surface area contributed by atoms with Crippen molar-refractivity contribution in [3.63, 3.8) is 0 Å². The van der Waals surface area contributed by atoms with Crippen LogP contribution in [0.4, 0.5) is 0 Å². The van der Waals surface area contributed by atoms with E-state index in [0.717, 1.165) is 22.7 Å². The Morgan fingerprint density at radius 3 is 2.85 bits per heavy atom. The maximum absolute atomic E-state index is 12.9. The average Bonchev–Trinajstić information content (AvgIpc) is 3.08. The van der Waals surface area contributed by atoms with E-state index in [-0.39, 0.29) is 17.2 Å². The highest BCUT2D eigenvalue weighted by Gasteiger charge is 2.30. The molecule has 1 N–H and O–H groups in total.